The van der Waals surface area contributed by atoms with Crippen LogP contribution in [0.4, 0.5) is 13.2 Å². The molecule has 0 aliphatic carbocycles. The third-order valence-corrected chi connectivity index (χ3v) is 3.96. The summed E-state index contributed by atoms with van der Waals surface area (Å²) in [5.41, 5.74) is 0.242. The van der Waals surface area contributed by atoms with Crippen molar-refractivity contribution in [1.82, 2.24) is 4.98 Å². The van der Waals surface area contributed by atoms with Gasteiger partial charge in [-0.3, -0.25) is 0 Å². The summed E-state index contributed by atoms with van der Waals surface area (Å²) in [6.07, 6.45) is -4.84. The lowest BCUT2D eigenvalue weighted by atomic mass is 10.1. The highest BCUT2D eigenvalue weighted by Crippen LogP contribution is 2.37. The van der Waals surface area contributed by atoms with Crippen molar-refractivity contribution in [3.05, 3.63) is 49.9 Å². The van der Waals surface area contributed by atoms with Crippen LogP contribution >= 0.6 is 34.5 Å². The highest BCUT2D eigenvalue weighted by Gasteiger charge is 2.35. The molecule has 0 saturated carbocycles. The van der Waals surface area contributed by atoms with Crippen molar-refractivity contribution in [1.29, 1.82) is 0 Å². The number of alkyl halides is 3. The summed E-state index contributed by atoms with van der Waals surface area (Å²) < 4.78 is 37.3. The van der Waals surface area contributed by atoms with Crippen LogP contribution in [0.15, 0.2) is 24.4 Å². The van der Waals surface area contributed by atoms with E-state index in [1.165, 1.54) is 18.2 Å². The van der Waals surface area contributed by atoms with Gasteiger partial charge in [0, 0.05) is 21.8 Å². The summed E-state index contributed by atoms with van der Waals surface area (Å²) in [4.78, 5) is 3.30. The molecular weight excluding hydrogens is 322 g/mol. The summed E-state index contributed by atoms with van der Waals surface area (Å²) in [5, 5.41) is 9.58. The molecule has 0 radical (unpaired) electrons. The SMILES string of the molecule is OC(c1cnc(C(F)(F)F)s1)c1cc(Cl)ccc1Cl. The van der Waals surface area contributed by atoms with E-state index in [2.05, 4.69) is 4.98 Å². The van der Waals surface area contributed by atoms with Crippen LogP contribution in [-0.2, 0) is 6.18 Å². The predicted molar refractivity (Wildman–Crippen MR) is 67.6 cm³/mol. The second-order valence-electron chi connectivity index (χ2n) is 3.63. The maximum absolute atomic E-state index is 12.4. The Labute approximate surface area is 120 Å². The van der Waals surface area contributed by atoms with E-state index < -0.39 is 17.3 Å². The molecule has 0 aliphatic rings. The lowest BCUT2D eigenvalue weighted by molar-refractivity contribution is -0.137. The minimum Gasteiger partial charge on any atom is -0.383 e. The van der Waals surface area contributed by atoms with Crippen molar-refractivity contribution in [3.8, 4) is 0 Å². The minimum atomic E-state index is -4.53. The lowest BCUT2D eigenvalue weighted by Gasteiger charge is -2.10. The number of nitrogens with zero attached hydrogens (tertiary/aromatic N) is 1. The Hall–Kier alpha value is -0.820. The molecule has 1 aromatic carbocycles. The van der Waals surface area contributed by atoms with Crippen molar-refractivity contribution in [2.45, 2.75) is 12.3 Å². The average Bonchev–Trinajstić information content (AvgIpc) is 2.80. The van der Waals surface area contributed by atoms with Gasteiger partial charge in [0.15, 0.2) is 5.01 Å². The quantitative estimate of drug-likeness (QED) is 0.877. The Bertz CT molecular complexity index is 600. The molecule has 0 spiro atoms. The number of rotatable bonds is 2. The molecule has 102 valence electrons. The molecule has 1 N–H and O–H groups in total. The largest absolute Gasteiger partial charge is 0.443 e. The molecule has 0 aliphatic heterocycles. The first kappa shape index (κ1) is 14.6. The van der Waals surface area contributed by atoms with Crippen LogP contribution in [0, 0.1) is 0 Å². The van der Waals surface area contributed by atoms with Crippen molar-refractivity contribution in [2.24, 2.45) is 0 Å². The summed E-state index contributed by atoms with van der Waals surface area (Å²) in [6, 6.07) is 4.39. The molecular formula is C11H6Cl2F3NOS. The maximum Gasteiger partial charge on any atom is 0.443 e. The monoisotopic (exact) mass is 327 g/mol. The maximum atomic E-state index is 12.4. The van der Waals surface area contributed by atoms with Gasteiger partial charge >= 0.3 is 6.18 Å². The van der Waals surface area contributed by atoms with Crippen LogP contribution in [0.1, 0.15) is 21.6 Å². The number of aliphatic hydroxyl groups excluding tert-OH is 1. The van der Waals surface area contributed by atoms with Gasteiger partial charge in [-0.05, 0) is 18.2 Å². The summed E-state index contributed by atoms with van der Waals surface area (Å²) in [6.45, 7) is 0. The van der Waals surface area contributed by atoms with Gasteiger partial charge < -0.3 is 5.11 Å². The van der Waals surface area contributed by atoms with Crippen LogP contribution in [0.25, 0.3) is 0 Å². The molecule has 0 saturated heterocycles. The fraction of sp³-hybridized carbons (Fsp3) is 0.182. The highest BCUT2D eigenvalue weighted by molar-refractivity contribution is 7.11. The minimum absolute atomic E-state index is 0.0523. The van der Waals surface area contributed by atoms with E-state index in [1.54, 1.807) is 0 Å². The molecule has 19 heavy (non-hydrogen) atoms. The molecule has 8 heteroatoms. The standard InChI is InChI=1S/C11H6Cl2F3NOS/c12-5-1-2-7(13)6(3-5)9(18)8-4-17-10(19-8)11(14,15)16/h1-4,9,18H. The van der Waals surface area contributed by atoms with Crippen molar-refractivity contribution < 1.29 is 18.3 Å². The summed E-state index contributed by atoms with van der Waals surface area (Å²) in [5.74, 6) is 0. The average molecular weight is 328 g/mol. The highest BCUT2D eigenvalue weighted by atomic mass is 35.5. The zero-order valence-corrected chi connectivity index (χ0v) is 11.4. The van der Waals surface area contributed by atoms with Gasteiger partial charge in [-0.2, -0.15) is 13.2 Å². The number of hydrogen-bond acceptors (Lipinski definition) is 3. The van der Waals surface area contributed by atoms with E-state index in [0.717, 1.165) is 6.20 Å². The van der Waals surface area contributed by atoms with Gasteiger partial charge in [-0.15, -0.1) is 11.3 Å². The van der Waals surface area contributed by atoms with E-state index in [0.29, 0.717) is 16.4 Å². The van der Waals surface area contributed by atoms with Crippen LogP contribution in [-0.4, -0.2) is 10.1 Å². The molecule has 1 aromatic heterocycles. The zero-order valence-electron chi connectivity index (χ0n) is 9.08. The molecule has 0 bridgehead atoms. The fourth-order valence-electron chi connectivity index (χ4n) is 1.42. The number of hydrogen-bond donors (Lipinski definition) is 1. The molecule has 0 amide bonds. The molecule has 1 heterocycles. The Kier molecular flexibility index (Phi) is 4.06. The smallest absolute Gasteiger partial charge is 0.383 e. The normalized spacial score (nSPS) is 13.6. The van der Waals surface area contributed by atoms with E-state index in [9.17, 15) is 18.3 Å². The van der Waals surface area contributed by atoms with Crippen LogP contribution < -0.4 is 0 Å². The van der Waals surface area contributed by atoms with Crippen molar-refractivity contribution >= 4 is 34.5 Å². The van der Waals surface area contributed by atoms with Gasteiger partial charge in [0.1, 0.15) is 6.10 Å². The molecule has 1 atom stereocenters. The fourth-order valence-corrected chi connectivity index (χ4v) is 2.61. The Morgan fingerprint density at radius 1 is 1.26 bits per heavy atom. The molecule has 1 unspecified atom stereocenters. The van der Waals surface area contributed by atoms with Crippen LogP contribution in [0.5, 0.6) is 0 Å². The predicted octanol–water partition coefficient (Wildman–Crippen LogP) is 4.55. The topological polar surface area (TPSA) is 33.1 Å². The Balaban J connectivity index is 2.36. The van der Waals surface area contributed by atoms with Gasteiger partial charge in [0.25, 0.3) is 0 Å². The first-order valence-corrected chi connectivity index (χ1v) is 6.52. The Morgan fingerprint density at radius 3 is 2.53 bits per heavy atom. The van der Waals surface area contributed by atoms with E-state index in [1.807, 2.05) is 0 Å². The Morgan fingerprint density at radius 2 is 1.95 bits per heavy atom. The van der Waals surface area contributed by atoms with Gasteiger partial charge in [-0.25, -0.2) is 4.98 Å². The van der Waals surface area contributed by atoms with E-state index >= 15 is 0 Å². The van der Waals surface area contributed by atoms with E-state index in [-0.39, 0.29) is 15.5 Å². The summed E-state index contributed by atoms with van der Waals surface area (Å²) >= 11 is 12.0. The molecule has 2 rings (SSSR count). The van der Waals surface area contributed by atoms with Crippen molar-refractivity contribution in [2.75, 3.05) is 0 Å². The number of halogens is 5. The number of benzene rings is 1. The summed E-state index contributed by atoms with van der Waals surface area (Å²) in [7, 11) is 0. The first-order valence-electron chi connectivity index (χ1n) is 4.95. The van der Waals surface area contributed by atoms with Crippen molar-refractivity contribution in [3.63, 3.8) is 0 Å². The lowest BCUT2D eigenvalue weighted by Crippen LogP contribution is -2.03. The van der Waals surface area contributed by atoms with Crippen LogP contribution in [0.3, 0.4) is 0 Å². The van der Waals surface area contributed by atoms with E-state index in [4.69, 9.17) is 23.2 Å². The third-order valence-electron chi connectivity index (χ3n) is 2.29. The molecule has 2 aromatic rings. The third kappa shape index (κ3) is 3.20. The van der Waals surface area contributed by atoms with Gasteiger partial charge in [0.2, 0.25) is 0 Å². The van der Waals surface area contributed by atoms with Gasteiger partial charge in [0.05, 0.1) is 4.88 Å². The molecule has 2 nitrogen and oxygen atoms in total. The number of thiazole rings is 1. The van der Waals surface area contributed by atoms with Crippen LogP contribution in [0.2, 0.25) is 10.0 Å². The van der Waals surface area contributed by atoms with Gasteiger partial charge in [-0.1, -0.05) is 23.2 Å². The second-order valence-corrected chi connectivity index (χ2v) is 5.54. The number of aliphatic hydroxyl groups is 1. The number of aromatic nitrogens is 1. The second kappa shape index (κ2) is 5.28. The first-order chi connectivity index (χ1) is 8.79. The zero-order chi connectivity index (χ0) is 14.2. The molecule has 0 fully saturated rings.